The number of aromatic amines is 1. The molecule has 5 heteroatoms. The number of imidazole rings is 1. The highest BCUT2D eigenvalue weighted by atomic mass is 79.9. The van der Waals surface area contributed by atoms with E-state index in [1.165, 1.54) is 11.1 Å². The van der Waals surface area contributed by atoms with E-state index in [9.17, 15) is 0 Å². The molecule has 3 nitrogen and oxygen atoms in total. The zero-order valence-electron chi connectivity index (χ0n) is 11.9. The number of hydrogen-bond acceptors (Lipinski definition) is 3. The maximum Gasteiger partial charge on any atom is 0.171 e. The van der Waals surface area contributed by atoms with Crippen LogP contribution in [0.1, 0.15) is 11.1 Å². The zero-order chi connectivity index (χ0) is 14.8. The SMILES string of the molecule is CNCc1ccc(Sc2nc3ccc(C)cc3[nH]2)cc1Br. The van der Waals surface area contributed by atoms with Gasteiger partial charge in [0.2, 0.25) is 0 Å². The van der Waals surface area contributed by atoms with Gasteiger partial charge in [-0.15, -0.1) is 0 Å². The quantitative estimate of drug-likeness (QED) is 0.718. The Morgan fingerprint density at radius 3 is 2.86 bits per heavy atom. The predicted octanol–water partition coefficient (Wildman–Crippen LogP) is 4.50. The van der Waals surface area contributed by atoms with Crippen LogP contribution in [0.4, 0.5) is 0 Å². The fraction of sp³-hybridized carbons (Fsp3) is 0.188. The molecule has 0 fully saturated rings. The van der Waals surface area contributed by atoms with E-state index in [1.54, 1.807) is 11.8 Å². The lowest BCUT2D eigenvalue weighted by molar-refractivity contribution is 0.813. The van der Waals surface area contributed by atoms with Crippen molar-refractivity contribution >= 4 is 38.7 Å². The third-order valence-electron chi connectivity index (χ3n) is 3.22. The standard InChI is InChI=1S/C16H16BrN3S/c1-10-3-6-14-15(7-10)20-16(19-14)21-12-5-4-11(9-18-2)13(17)8-12/h3-8,18H,9H2,1-2H3,(H,19,20). The Morgan fingerprint density at radius 2 is 2.10 bits per heavy atom. The van der Waals surface area contributed by atoms with Gasteiger partial charge in [0, 0.05) is 15.9 Å². The van der Waals surface area contributed by atoms with Crippen molar-refractivity contribution in [1.82, 2.24) is 15.3 Å². The van der Waals surface area contributed by atoms with Crippen LogP contribution in [0.3, 0.4) is 0 Å². The molecule has 108 valence electrons. The van der Waals surface area contributed by atoms with E-state index in [2.05, 4.69) is 74.5 Å². The van der Waals surface area contributed by atoms with Crippen molar-refractivity contribution < 1.29 is 0 Å². The molecule has 3 aromatic rings. The van der Waals surface area contributed by atoms with E-state index in [4.69, 9.17) is 0 Å². The fourth-order valence-electron chi connectivity index (χ4n) is 2.19. The molecule has 0 unspecified atom stereocenters. The van der Waals surface area contributed by atoms with Gasteiger partial charge in [-0.25, -0.2) is 4.98 Å². The first-order valence-electron chi connectivity index (χ1n) is 6.73. The van der Waals surface area contributed by atoms with Crippen LogP contribution >= 0.6 is 27.7 Å². The molecule has 0 spiro atoms. The van der Waals surface area contributed by atoms with Crippen molar-refractivity contribution in [2.75, 3.05) is 7.05 Å². The Morgan fingerprint density at radius 1 is 1.24 bits per heavy atom. The first-order valence-corrected chi connectivity index (χ1v) is 8.34. The number of nitrogens with one attached hydrogen (secondary N) is 2. The number of hydrogen-bond donors (Lipinski definition) is 2. The molecule has 0 amide bonds. The number of aryl methyl sites for hydroxylation is 1. The molecular weight excluding hydrogens is 346 g/mol. The minimum Gasteiger partial charge on any atom is -0.333 e. The molecule has 3 rings (SSSR count). The summed E-state index contributed by atoms with van der Waals surface area (Å²) in [6.07, 6.45) is 0. The third-order valence-corrected chi connectivity index (χ3v) is 4.84. The Balaban J connectivity index is 1.86. The van der Waals surface area contributed by atoms with E-state index in [-0.39, 0.29) is 0 Å². The summed E-state index contributed by atoms with van der Waals surface area (Å²) in [5, 5.41) is 4.08. The maximum absolute atomic E-state index is 4.62. The van der Waals surface area contributed by atoms with E-state index in [0.717, 1.165) is 32.1 Å². The molecule has 0 aliphatic heterocycles. The molecule has 2 aromatic carbocycles. The molecule has 1 heterocycles. The molecule has 21 heavy (non-hydrogen) atoms. The van der Waals surface area contributed by atoms with Crippen LogP contribution in [0.5, 0.6) is 0 Å². The summed E-state index contributed by atoms with van der Waals surface area (Å²) in [7, 11) is 1.95. The minimum atomic E-state index is 0.857. The van der Waals surface area contributed by atoms with Crippen molar-refractivity contribution in [2.24, 2.45) is 0 Å². The van der Waals surface area contributed by atoms with Crippen LogP contribution in [-0.4, -0.2) is 17.0 Å². The van der Waals surface area contributed by atoms with Gasteiger partial charge in [-0.3, -0.25) is 0 Å². The second-order valence-electron chi connectivity index (χ2n) is 4.95. The Bertz CT molecular complexity index is 782. The molecule has 1 aromatic heterocycles. The minimum absolute atomic E-state index is 0.857. The topological polar surface area (TPSA) is 40.7 Å². The second kappa shape index (κ2) is 6.22. The lowest BCUT2D eigenvalue weighted by Gasteiger charge is -2.05. The fourth-order valence-corrected chi connectivity index (χ4v) is 3.70. The Kier molecular flexibility index (Phi) is 4.33. The summed E-state index contributed by atoms with van der Waals surface area (Å²) in [5.41, 5.74) is 4.58. The van der Waals surface area contributed by atoms with Crippen LogP contribution in [0.2, 0.25) is 0 Å². The average Bonchev–Trinajstić information content (AvgIpc) is 2.83. The number of fused-ring (bicyclic) bond motifs is 1. The summed E-state index contributed by atoms with van der Waals surface area (Å²) in [6, 6.07) is 12.7. The molecule has 0 radical (unpaired) electrons. The first-order chi connectivity index (χ1) is 10.2. The van der Waals surface area contributed by atoms with Crippen molar-refractivity contribution in [3.05, 3.63) is 52.0 Å². The molecule has 0 bridgehead atoms. The van der Waals surface area contributed by atoms with E-state index < -0.39 is 0 Å². The predicted molar refractivity (Wildman–Crippen MR) is 91.9 cm³/mol. The lowest BCUT2D eigenvalue weighted by Crippen LogP contribution is -2.05. The second-order valence-corrected chi connectivity index (χ2v) is 6.86. The van der Waals surface area contributed by atoms with Gasteiger partial charge in [0.25, 0.3) is 0 Å². The number of H-pyrrole nitrogens is 1. The summed E-state index contributed by atoms with van der Waals surface area (Å²) in [5.74, 6) is 0. The van der Waals surface area contributed by atoms with E-state index in [1.807, 2.05) is 7.05 Å². The van der Waals surface area contributed by atoms with Gasteiger partial charge < -0.3 is 10.3 Å². The van der Waals surface area contributed by atoms with Gasteiger partial charge in [0.15, 0.2) is 5.16 Å². The van der Waals surface area contributed by atoms with Gasteiger partial charge in [0.05, 0.1) is 11.0 Å². The molecular formula is C16H16BrN3S. The highest BCUT2D eigenvalue weighted by Gasteiger charge is 2.07. The molecule has 0 saturated heterocycles. The van der Waals surface area contributed by atoms with E-state index >= 15 is 0 Å². The van der Waals surface area contributed by atoms with Crippen LogP contribution in [0.25, 0.3) is 11.0 Å². The van der Waals surface area contributed by atoms with Crippen molar-refractivity contribution in [1.29, 1.82) is 0 Å². The number of rotatable bonds is 4. The van der Waals surface area contributed by atoms with Crippen molar-refractivity contribution in [2.45, 2.75) is 23.5 Å². The molecule has 0 atom stereocenters. The summed E-state index contributed by atoms with van der Waals surface area (Å²) >= 11 is 5.26. The summed E-state index contributed by atoms with van der Waals surface area (Å²) in [4.78, 5) is 9.15. The largest absolute Gasteiger partial charge is 0.333 e. The van der Waals surface area contributed by atoms with Crippen molar-refractivity contribution in [3.8, 4) is 0 Å². The number of aromatic nitrogens is 2. The smallest absolute Gasteiger partial charge is 0.171 e. The van der Waals surface area contributed by atoms with Crippen LogP contribution in [0.15, 0.2) is 50.9 Å². The molecule has 0 aliphatic carbocycles. The maximum atomic E-state index is 4.62. The first kappa shape index (κ1) is 14.6. The normalized spacial score (nSPS) is 11.2. The highest BCUT2D eigenvalue weighted by Crippen LogP contribution is 2.30. The van der Waals surface area contributed by atoms with Gasteiger partial charge in [-0.05, 0) is 49.4 Å². The van der Waals surface area contributed by atoms with Gasteiger partial charge in [-0.1, -0.05) is 39.8 Å². The molecule has 2 N–H and O–H groups in total. The number of halogens is 1. The van der Waals surface area contributed by atoms with Crippen LogP contribution in [-0.2, 0) is 6.54 Å². The summed E-state index contributed by atoms with van der Waals surface area (Å²) in [6.45, 7) is 2.94. The number of benzene rings is 2. The highest BCUT2D eigenvalue weighted by molar-refractivity contribution is 9.10. The van der Waals surface area contributed by atoms with E-state index in [0.29, 0.717) is 0 Å². The van der Waals surface area contributed by atoms with Crippen LogP contribution < -0.4 is 5.32 Å². The molecule has 0 aliphatic rings. The van der Waals surface area contributed by atoms with Crippen LogP contribution in [0, 0.1) is 6.92 Å². The summed E-state index contributed by atoms with van der Waals surface area (Å²) < 4.78 is 1.12. The Labute approximate surface area is 136 Å². The van der Waals surface area contributed by atoms with Crippen molar-refractivity contribution in [3.63, 3.8) is 0 Å². The monoisotopic (exact) mass is 361 g/mol. The third kappa shape index (κ3) is 3.31. The van der Waals surface area contributed by atoms with Gasteiger partial charge in [0.1, 0.15) is 0 Å². The Hall–Kier alpha value is -1.30. The lowest BCUT2D eigenvalue weighted by atomic mass is 10.2. The number of nitrogens with zero attached hydrogens (tertiary/aromatic N) is 1. The molecule has 0 saturated carbocycles. The van der Waals surface area contributed by atoms with Gasteiger partial charge >= 0.3 is 0 Å². The zero-order valence-corrected chi connectivity index (χ0v) is 14.3. The van der Waals surface area contributed by atoms with Gasteiger partial charge in [-0.2, -0.15) is 0 Å². The average molecular weight is 362 g/mol.